The van der Waals surface area contributed by atoms with E-state index in [2.05, 4.69) is 57.2 Å². The van der Waals surface area contributed by atoms with E-state index in [1.165, 1.54) is 17.3 Å². The number of carboxylic acid groups (broad SMARTS) is 1. The Morgan fingerprint density at radius 3 is 2.65 bits per heavy atom. The molecule has 0 bridgehead atoms. The van der Waals surface area contributed by atoms with Gasteiger partial charge in [0.1, 0.15) is 11.4 Å². The van der Waals surface area contributed by atoms with Gasteiger partial charge in [-0.1, -0.05) is 31.6 Å². The standard InChI is InChI=1S/C18H27N3O2/c1-6-8-12(3)13(9-7-2)15-10-18(4,5)21-16(20-15)14(11-19-21)17(22)23/h8-9,11,15,20H,6-7,10H2,1-5H3,(H,22,23)/b12-8-,13-9+. The summed E-state index contributed by atoms with van der Waals surface area (Å²) in [5, 5.41) is 17.1. The Morgan fingerprint density at radius 2 is 2.09 bits per heavy atom. The van der Waals surface area contributed by atoms with Gasteiger partial charge < -0.3 is 10.4 Å². The first-order valence-corrected chi connectivity index (χ1v) is 8.27. The molecule has 1 aromatic rings. The molecule has 0 fully saturated rings. The highest BCUT2D eigenvalue weighted by atomic mass is 16.4. The van der Waals surface area contributed by atoms with Crippen LogP contribution in [0.3, 0.4) is 0 Å². The summed E-state index contributed by atoms with van der Waals surface area (Å²) in [7, 11) is 0. The monoisotopic (exact) mass is 317 g/mol. The number of nitrogens with one attached hydrogen (secondary N) is 1. The first-order chi connectivity index (χ1) is 10.8. The predicted molar refractivity (Wildman–Crippen MR) is 93.0 cm³/mol. The number of fused-ring (bicyclic) bond motifs is 1. The number of allylic oxidation sites excluding steroid dienone is 2. The zero-order valence-corrected chi connectivity index (χ0v) is 14.7. The maximum Gasteiger partial charge on any atom is 0.341 e. The molecule has 2 rings (SSSR count). The normalized spacial score (nSPS) is 20.8. The van der Waals surface area contributed by atoms with Gasteiger partial charge in [0.25, 0.3) is 0 Å². The number of carbonyl (C=O) groups is 1. The van der Waals surface area contributed by atoms with Gasteiger partial charge in [-0.2, -0.15) is 5.10 Å². The second-order valence-corrected chi connectivity index (χ2v) is 6.70. The van der Waals surface area contributed by atoms with Crippen molar-refractivity contribution in [3.05, 3.63) is 35.1 Å². The maximum atomic E-state index is 11.5. The molecule has 0 saturated heterocycles. The Kier molecular flexibility index (Phi) is 4.97. The van der Waals surface area contributed by atoms with Gasteiger partial charge in [0.15, 0.2) is 0 Å². The van der Waals surface area contributed by atoms with Crippen LogP contribution in [-0.2, 0) is 5.54 Å². The average Bonchev–Trinajstić information content (AvgIpc) is 2.89. The number of aromatic nitrogens is 2. The van der Waals surface area contributed by atoms with Gasteiger partial charge in [-0.25, -0.2) is 9.48 Å². The molecule has 5 nitrogen and oxygen atoms in total. The smallest absolute Gasteiger partial charge is 0.341 e. The average molecular weight is 317 g/mol. The van der Waals surface area contributed by atoms with E-state index in [0.29, 0.717) is 5.82 Å². The molecular formula is C18H27N3O2. The van der Waals surface area contributed by atoms with Crippen LogP contribution < -0.4 is 5.32 Å². The lowest BCUT2D eigenvalue weighted by Gasteiger charge is -2.39. The highest BCUT2D eigenvalue weighted by molar-refractivity contribution is 5.93. The predicted octanol–water partition coefficient (Wildman–Crippen LogP) is 4.19. The van der Waals surface area contributed by atoms with E-state index in [1.54, 1.807) is 4.68 Å². The van der Waals surface area contributed by atoms with Crippen molar-refractivity contribution >= 4 is 11.8 Å². The number of carboxylic acids is 1. The first-order valence-electron chi connectivity index (χ1n) is 8.27. The Hall–Kier alpha value is -2.04. The van der Waals surface area contributed by atoms with Gasteiger partial charge >= 0.3 is 5.97 Å². The minimum absolute atomic E-state index is 0.0926. The van der Waals surface area contributed by atoms with Gasteiger partial charge in [0.05, 0.1) is 17.8 Å². The van der Waals surface area contributed by atoms with Crippen molar-refractivity contribution < 1.29 is 9.90 Å². The number of aromatic carboxylic acids is 1. The second-order valence-electron chi connectivity index (χ2n) is 6.70. The molecular weight excluding hydrogens is 290 g/mol. The van der Waals surface area contributed by atoms with Crippen LogP contribution in [0.4, 0.5) is 5.82 Å². The van der Waals surface area contributed by atoms with Gasteiger partial charge in [0.2, 0.25) is 0 Å². The fourth-order valence-corrected chi connectivity index (χ4v) is 3.31. The summed E-state index contributed by atoms with van der Waals surface area (Å²) in [6, 6.07) is 0.0926. The van der Waals surface area contributed by atoms with E-state index in [9.17, 15) is 9.90 Å². The topological polar surface area (TPSA) is 67.2 Å². The third-order valence-electron chi connectivity index (χ3n) is 4.35. The third kappa shape index (κ3) is 3.33. The van der Waals surface area contributed by atoms with Crippen LogP contribution in [0.2, 0.25) is 0 Å². The van der Waals surface area contributed by atoms with Crippen LogP contribution in [0, 0.1) is 0 Å². The van der Waals surface area contributed by atoms with Gasteiger partial charge in [-0.15, -0.1) is 0 Å². The van der Waals surface area contributed by atoms with Gasteiger partial charge in [0, 0.05) is 0 Å². The number of rotatable bonds is 5. The van der Waals surface area contributed by atoms with Crippen molar-refractivity contribution in [3.63, 3.8) is 0 Å². The summed E-state index contributed by atoms with van der Waals surface area (Å²) in [5.41, 5.74) is 2.51. The largest absolute Gasteiger partial charge is 0.477 e. The fraction of sp³-hybridized carbons (Fsp3) is 0.556. The van der Waals surface area contributed by atoms with Crippen molar-refractivity contribution in [2.75, 3.05) is 5.32 Å². The summed E-state index contributed by atoms with van der Waals surface area (Å²) >= 11 is 0. The van der Waals surface area contributed by atoms with Crippen molar-refractivity contribution in [2.24, 2.45) is 0 Å². The molecule has 0 amide bonds. The lowest BCUT2D eigenvalue weighted by Crippen LogP contribution is -2.43. The minimum Gasteiger partial charge on any atom is -0.477 e. The van der Waals surface area contributed by atoms with Crippen molar-refractivity contribution in [3.8, 4) is 0 Å². The van der Waals surface area contributed by atoms with Crippen molar-refractivity contribution in [2.45, 2.75) is 65.5 Å². The Labute approximate surface area is 138 Å². The van der Waals surface area contributed by atoms with E-state index in [1.807, 2.05) is 0 Å². The number of nitrogens with zero attached hydrogens (tertiary/aromatic N) is 2. The molecule has 126 valence electrons. The van der Waals surface area contributed by atoms with E-state index >= 15 is 0 Å². The second kappa shape index (κ2) is 6.60. The molecule has 5 heteroatoms. The summed E-state index contributed by atoms with van der Waals surface area (Å²) in [5.74, 6) is -0.345. The van der Waals surface area contributed by atoms with Crippen LogP contribution in [0.1, 0.15) is 64.2 Å². The number of anilines is 1. The van der Waals surface area contributed by atoms with Crippen LogP contribution in [0.15, 0.2) is 29.5 Å². The molecule has 0 radical (unpaired) electrons. The molecule has 0 aliphatic carbocycles. The van der Waals surface area contributed by atoms with Gasteiger partial charge in [-0.3, -0.25) is 0 Å². The first kappa shape index (κ1) is 17.3. The molecule has 0 spiro atoms. The molecule has 1 aliphatic heterocycles. The molecule has 2 N–H and O–H groups in total. The molecule has 1 aromatic heterocycles. The summed E-state index contributed by atoms with van der Waals surface area (Å²) < 4.78 is 1.80. The molecule has 2 heterocycles. The highest BCUT2D eigenvalue weighted by Gasteiger charge is 2.37. The summed E-state index contributed by atoms with van der Waals surface area (Å²) in [6.45, 7) is 10.6. The van der Waals surface area contributed by atoms with Crippen molar-refractivity contribution in [1.29, 1.82) is 0 Å². The number of hydrogen-bond donors (Lipinski definition) is 2. The zero-order valence-electron chi connectivity index (χ0n) is 14.7. The van der Waals surface area contributed by atoms with E-state index < -0.39 is 5.97 Å². The lowest BCUT2D eigenvalue weighted by atomic mass is 9.85. The van der Waals surface area contributed by atoms with E-state index in [-0.39, 0.29) is 17.1 Å². The fourth-order valence-electron chi connectivity index (χ4n) is 3.31. The lowest BCUT2D eigenvalue weighted by molar-refractivity contribution is 0.0697. The molecule has 0 aromatic carbocycles. The van der Waals surface area contributed by atoms with Gasteiger partial charge in [-0.05, 0) is 45.6 Å². The molecule has 23 heavy (non-hydrogen) atoms. The summed E-state index contributed by atoms with van der Waals surface area (Å²) in [6.07, 6.45) is 8.70. The molecule has 1 unspecified atom stereocenters. The Bertz CT molecular complexity index is 653. The highest BCUT2D eigenvalue weighted by Crippen LogP contribution is 2.37. The third-order valence-corrected chi connectivity index (χ3v) is 4.35. The molecule has 0 saturated carbocycles. The minimum atomic E-state index is -0.947. The SMILES string of the molecule is CC/C=C(C)\C(=C/CC)C1CC(C)(C)n2ncc(C(=O)O)c2N1. The van der Waals surface area contributed by atoms with Crippen molar-refractivity contribution in [1.82, 2.24) is 9.78 Å². The zero-order chi connectivity index (χ0) is 17.2. The maximum absolute atomic E-state index is 11.5. The van der Waals surface area contributed by atoms with Crippen LogP contribution >= 0.6 is 0 Å². The Balaban J connectivity index is 2.47. The molecule has 1 atom stereocenters. The van der Waals surface area contributed by atoms with Crippen LogP contribution in [-0.4, -0.2) is 26.9 Å². The summed E-state index contributed by atoms with van der Waals surface area (Å²) in [4.78, 5) is 11.5. The van der Waals surface area contributed by atoms with E-state index in [4.69, 9.17) is 0 Å². The van der Waals surface area contributed by atoms with Crippen LogP contribution in [0.25, 0.3) is 0 Å². The van der Waals surface area contributed by atoms with E-state index in [0.717, 1.165) is 19.3 Å². The number of hydrogen-bond acceptors (Lipinski definition) is 3. The molecule has 1 aliphatic rings. The Morgan fingerprint density at radius 1 is 1.43 bits per heavy atom. The quantitative estimate of drug-likeness (QED) is 0.799. The van der Waals surface area contributed by atoms with Crippen LogP contribution in [0.5, 0.6) is 0 Å².